The number of hydrogen-bond acceptors (Lipinski definition) is 4. The smallest absolute Gasteiger partial charge is 0.241 e. The van der Waals surface area contributed by atoms with Gasteiger partial charge in [-0.1, -0.05) is 0 Å². The molecule has 1 aromatic rings. The third kappa shape index (κ3) is 3.24. The molecule has 1 heterocycles. The van der Waals surface area contributed by atoms with Crippen LogP contribution in [0.5, 0.6) is 0 Å². The first kappa shape index (κ1) is 13.8. The summed E-state index contributed by atoms with van der Waals surface area (Å²) in [6.45, 7) is 2.03. The van der Waals surface area contributed by atoms with E-state index in [2.05, 4.69) is 10.0 Å². The molecule has 4 N–H and O–H groups in total. The maximum Gasteiger partial charge on any atom is 0.241 e. The van der Waals surface area contributed by atoms with Crippen molar-refractivity contribution < 1.29 is 13.2 Å². The maximum absolute atomic E-state index is 12.2. The Labute approximate surface area is 112 Å². The van der Waals surface area contributed by atoms with Crippen molar-refractivity contribution in [3.63, 3.8) is 0 Å². The summed E-state index contributed by atoms with van der Waals surface area (Å²) in [6.07, 6.45) is 0.854. The third-order valence-electron chi connectivity index (χ3n) is 3.08. The topological polar surface area (TPSA) is 101 Å². The Morgan fingerprint density at radius 2 is 2.16 bits per heavy atom. The zero-order chi connectivity index (χ0) is 14.0. The summed E-state index contributed by atoms with van der Waals surface area (Å²) in [5, 5.41) is 2.64. The molecule has 1 saturated heterocycles. The minimum Gasteiger partial charge on any atom is -0.399 e. The number of piperidine rings is 1. The fraction of sp³-hybridized carbons (Fsp3) is 0.417. The zero-order valence-corrected chi connectivity index (χ0v) is 11.5. The van der Waals surface area contributed by atoms with E-state index in [0.29, 0.717) is 30.6 Å². The van der Waals surface area contributed by atoms with E-state index in [1.54, 1.807) is 19.1 Å². The van der Waals surface area contributed by atoms with Gasteiger partial charge in [0.1, 0.15) is 0 Å². The summed E-state index contributed by atoms with van der Waals surface area (Å²) < 4.78 is 27.1. The minimum absolute atomic E-state index is 0.0425. The highest BCUT2D eigenvalue weighted by atomic mass is 32.2. The summed E-state index contributed by atoms with van der Waals surface area (Å²) in [5.74, 6) is -0.0425. The SMILES string of the molecule is Cc1cc(N)ccc1S(=O)(=O)NC1CCC(=O)NC1. The van der Waals surface area contributed by atoms with E-state index in [0.717, 1.165) is 0 Å². The normalized spacial score (nSPS) is 20.1. The van der Waals surface area contributed by atoms with Gasteiger partial charge in [0.2, 0.25) is 15.9 Å². The first-order chi connectivity index (χ1) is 8.88. The number of anilines is 1. The lowest BCUT2D eigenvalue weighted by Gasteiger charge is -2.23. The summed E-state index contributed by atoms with van der Waals surface area (Å²) in [6, 6.07) is 4.41. The number of amides is 1. The minimum atomic E-state index is -3.58. The van der Waals surface area contributed by atoms with Crippen molar-refractivity contribution in [2.24, 2.45) is 0 Å². The number of carbonyl (C=O) groups is 1. The molecule has 104 valence electrons. The van der Waals surface area contributed by atoms with Crippen LogP contribution in [0.4, 0.5) is 5.69 Å². The van der Waals surface area contributed by atoms with Crippen LogP contribution in [0, 0.1) is 6.92 Å². The Bertz CT molecular complexity index is 588. The van der Waals surface area contributed by atoms with Gasteiger partial charge in [-0.3, -0.25) is 4.79 Å². The first-order valence-electron chi connectivity index (χ1n) is 6.03. The molecule has 1 atom stereocenters. The molecular weight excluding hydrogens is 266 g/mol. The van der Waals surface area contributed by atoms with Crippen molar-refractivity contribution in [1.29, 1.82) is 0 Å². The number of carbonyl (C=O) groups excluding carboxylic acids is 1. The molecular formula is C12H17N3O3S. The molecule has 0 spiro atoms. The van der Waals surface area contributed by atoms with E-state index in [1.165, 1.54) is 6.07 Å². The van der Waals surface area contributed by atoms with Gasteiger partial charge >= 0.3 is 0 Å². The highest BCUT2D eigenvalue weighted by Gasteiger charge is 2.25. The van der Waals surface area contributed by atoms with Gasteiger partial charge in [0.05, 0.1) is 4.90 Å². The Kier molecular flexibility index (Phi) is 3.77. The average Bonchev–Trinajstić information content (AvgIpc) is 2.31. The molecule has 1 unspecified atom stereocenters. The Morgan fingerprint density at radius 1 is 1.42 bits per heavy atom. The lowest BCUT2D eigenvalue weighted by atomic mass is 10.1. The van der Waals surface area contributed by atoms with Crippen LogP contribution >= 0.6 is 0 Å². The lowest BCUT2D eigenvalue weighted by Crippen LogP contribution is -2.47. The molecule has 6 nitrogen and oxygen atoms in total. The van der Waals surface area contributed by atoms with E-state index in [4.69, 9.17) is 5.73 Å². The van der Waals surface area contributed by atoms with Gasteiger partial charge in [-0.15, -0.1) is 0 Å². The summed E-state index contributed by atoms with van der Waals surface area (Å²) >= 11 is 0. The maximum atomic E-state index is 12.2. The van der Waals surface area contributed by atoms with Crippen molar-refractivity contribution >= 4 is 21.6 Å². The van der Waals surface area contributed by atoms with Crippen molar-refractivity contribution in [2.75, 3.05) is 12.3 Å². The van der Waals surface area contributed by atoms with E-state index < -0.39 is 10.0 Å². The molecule has 1 aliphatic heterocycles. The van der Waals surface area contributed by atoms with Gasteiger partial charge in [0.25, 0.3) is 0 Å². The molecule has 0 saturated carbocycles. The number of nitrogen functional groups attached to an aromatic ring is 1. The largest absolute Gasteiger partial charge is 0.399 e. The van der Waals surface area contributed by atoms with Gasteiger partial charge in [-0.25, -0.2) is 13.1 Å². The van der Waals surface area contributed by atoms with Crippen molar-refractivity contribution in [2.45, 2.75) is 30.7 Å². The van der Waals surface area contributed by atoms with Crippen LogP contribution in [0.1, 0.15) is 18.4 Å². The lowest BCUT2D eigenvalue weighted by molar-refractivity contribution is -0.122. The number of nitrogens with one attached hydrogen (secondary N) is 2. The van der Waals surface area contributed by atoms with Gasteiger partial charge in [-0.2, -0.15) is 0 Å². The molecule has 19 heavy (non-hydrogen) atoms. The third-order valence-corrected chi connectivity index (χ3v) is 4.76. The molecule has 0 radical (unpaired) electrons. The highest BCUT2D eigenvalue weighted by molar-refractivity contribution is 7.89. The van der Waals surface area contributed by atoms with Crippen molar-refractivity contribution in [3.05, 3.63) is 23.8 Å². The number of hydrogen-bond donors (Lipinski definition) is 3. The monoisotopic (exact) mass is 283 g/mol. The fourth-order valence-electron chi connectivity index (χ4n) is 2.09. The Hall–Kier alpha value is -1.60. The second-order valence-corrected chi connectivity index (χ2v) is 6.37. The molecule has 0 aliphatic carbocycles. The molecule has 1 amide bonds. The van der Waals surface area contributed by atoms with Gasteiger partial charge in [-0.05, 0) is 37.1 Å². The van der Waals surface area contributed by atoms with E-state index in [9.17, 15) is 13.2 Å². The van der Waals surface area contributed by atoms with E-state index in [1.807, 2.05) is 0 Å². The quantitative estimate of drug-likeness (QED) is 0.686. The van der Waals surface area contributed by atoms with Gasteiger partial charge < -0.3 is 11.1 Å². The zero-order valence-electron chi connectivity index (χ0n) is 10.6. The molecule has 1 aliphatic rings. The molecule has 1 fully saturated rings. The second kappa shape index (κ2) is 5.18. The van der Waals surface area contributed by atoms with Crippen LogP contribution < -0.4 is 15.8 Å². The van der Waals surface area contributed by atoms with Crippen LogP contribution in [0.2, 0.25) is 0 Å². The standard InChI is InChI=1S/C12H17N3O3S/c1-8-6-9(13)2-4-11(8)19(17,18)15-10-3-5-12(16)14-7-10/h2,4,6,10,15H,3,5,7,13H2,1H3,(H,14,16). The van der Waals surface area contributed by atoms with Gasteiger partial charge in [0, 0.05) is 24.7 Å². The molecule has 1 aromatic carbocycles. The van der Waals surface area contributed by atoms with Crippen LogP contribution in [0.3, 0.4) is 0 Å². The predicted molar refractivity (Wildman–Crippen MR) is 71.9 cm³/mol. The first-order valence-corrected chi connectivity index (χ1v) is 7.52. The van der Waals surface area contributed by atoms with Crippen LogP contribution in [0.15, 0.2) is 23.1 Å². The van der Waals surface area contributed by atoms with Crippen molar-refractivity contribution in [3.8, 4) is 0 Å². The second-order valence-electron chi connectivity index (χ2n) is 4.69. The van der Waals surface area contributed by atoms with E-state index in [-0.39, 0.29) is 16.8 Å². The molecule has 0 aromatic heterocycles. The average molecular weight is 283 g/mol. The summed E-state index contributed by atoms with van der Waals surface area (Å²) in [4.78, 5) is 11.3. The number of sulfonamides is 1. The van der Waals surface area contributed by atoms with Crippen LogP contribution in [-0.4, -0.2) is 26.9 Å². The Morgan fingerprint density at radius 3 is 2.74 bits per heavy atom. The number of benzene rings is 1. The number of aryl methyl sites for hydroxylation is 1. The molecule has 2 rings (SSSR count). The number of nitrogens with two attached hydrogens (primary N) is 1. The molecule has 0 bridgehead atoms. The Balaban J connectivity index is 2.16. The van der Waals surface area contributed by atoms with Gasteiger partial charge in [0.15, 0.2) is 0 Å². The predicted octanol–water partition coefficient (Wildman–Crippen LogP) is 0.134. The fourth-order valence-corrected chi connectivity index (χ4v) is 3.59. The van der Waals surface area contributed by atoms with Crippen molar-refractivity contribution in [1.82, 2.24) is 10.0 Å². The number of rotatable bonds is 3. The highest BCUT2D eigenvalue weighted by Crippen LogP contribution is 2.18. The summed E-state index contributed by atoms with van der Waals surface area (Å²) in [5.41, 5.74) is 6.74. The summed E-state index contributed by atoms with van der Waals surface area (Å²) in [7, 11) is -3.58. The van der Waals surface area contributed by atoms with E-state index >= 15 is 0 Å². The molecule has 7 heteroatoms. The van der Waals surface area contributed by atoms with Crippen LogP contribution in [-0.2, 0) is 14.8 Å². The van der Waals surface area contributed by atoms with Crippen LogP contribution in [0.25, 0.3) is 0 Å².